The van der Waals surface area contributed by atoms with Crippen molar-refractivity contribution in [2.45, 2.75) is 6.18 Å². The molecule has 0 atom stereocenters. The minimum absolute atomic E-state index is 0.454. The Labute approximate surface area is 81.4 Å². The van der Waals surface area contributed by atoms with E-state index in [2.05, 4.69) is 4.74 Å². The van der Waals surface area contributed by atoms with Crippen LogP contribution in [0.4, 0.5) is 27.6 Å². The SMILES string of the molecule is Nc1c(F)cc(F)cc1OCC(F)(F)F. The summed E-state index contributed by atoms with van der Waals surface area (Å²) in [5.74, 6) is -2.88. The van der Waals surface area contributed by atoms with Crippen molar-refractivity contribution in [3.63, 3.8) is 0 Å². The number of alkyl halides is 3. The first-order valence-corrected chi connectivity index (χ1v) is 3.73. The Morgan fingerprint density at radius 3 is 2.33 bits per heavy atom. The molecule has 0 heterocycles. The molecule has 0 amide bonds. The lowest BCUT2D eigenvalue weighted by molar-refractivity contribution is -0.153. The molecular formula is C8H6F5NO. The molecule has 84 valence electrons. The van der Waals surface area contributed by atoms with E-state index in [1.165, 1.54) is 0 Å². The zero-order valence-corrected chi connectivity index (χ0v) is 7.24. The highest BCUT2D eigenvalue weighted by molar-refractivity contribution is 5.53. The molecular weight excluding hydrogens is 221 g/mol. The second-order valence-corrected chi connectivity index (χ2v) is 2.70. The van der Waals surface area contributed by atoms with Crippen molar-refractivity contribution < 1.29 is 26.7 Å². The Bertz CT molecular complexity index is 363. The lowest BCUT2D eigenvalue weighted by atomic mass is 10.3. The average Bonchev–Trinajstić information content (AvgIpc) is 2.07. The van der Waals surface area contributed by atoms with E-state index in [9.17, 15) is 22.0 Å². The Kier molecular flexibility index (Phi) is 3.01. The highest BCUT2D eigenvalue weighted by atomic mass is 19.4. The number of nitrogen functional groups attached to an aromatic ring is 1. The Balaban J connectivity index is 2.86. The molecule has 0 fully saturated rings. The molecule has 7 heteroatoms. The minimum Gasteiger partial charge on any atom is -0.482 e. The van der Waals surface area contributed by atoms with E-state index in [0.717, 1.165) is 0 Å². The maximum absolute atomic E-state index is 12.7. The van der Waals surface area contributed by atoms with Crippen molar-refractivity contribution in [3.8, 4) is 5.75 Å². The van der Waals surface area contributed by atoms with Gasteiger partial charge in [-0.25, -0.2) is 8.78 Å². The molecule has 0 aliphatic rings. The lowest BCUT2D eigenvalue weighted by Crippen LogP contribution is -2.20. The molecule has 0 spiro atoms. The molecule has 0 saturated heterocycles. The number of benzene rings is 1. The summed E-state index contributed by atoms with van der Waals surface area (Å²) >= 11 is 0. The first-order valence-electron chi connectivity index (χ1n) is 3.73. The Morgan fingerprint density at radius 1 is 1.20 bits per heavy atom. The number of hydrogen-bond acceptors (Lipinski definition) is 2. The van der Waals surface area contributed by atoms with Gasteiger partial charge in [0, 0.05) is 12.1 Å². The second kappa shape index (κ2) is 3.92. The van der Waals surface area contributed by atoms with Gasteiger partial charge in [-0.1, -0.05) is 0 Å². The molecule has 15 heavy (non-hydrogen) atoms. The van der Waals surface area contributed by atoms with Crippen LogP contribution in [0.3, 0.4) is 0 Å². The Morgan fingerprint density at radius 2 is 1.80 bits per heavy atom. The molecule has 0 radical (unpaired) electrons. The maximum Gasteiger partial charge on any atom is 0.422 e. The van der Waals surface area contributed by atoms with E-state index in [1.54, 1.807) is 0 Å². The Hall–Kier alpha value is -1.53. The van der Waals surface area contributed by atoms with Crippen molar-refractivity contribution in [1.29, 1.82) is 0 Å². The summed E-state index contributed by atoms with van der Waals surface area (Å²) in [4.78, 5) is 0. The van der Waals surface area contributed by atoms with Crippen molar-refractivity contribution in [2.24, 2.45) is 0 Å². The molecule has 0 unspecified atom stereocenters. The molecule has 1 rings (SSSR count). The van der Waals surface area contributed by atoms with Gasteiger partial charge in [0.1, 0.15) is 17.3 Å². The molecule has 2 N–H and O–H groups in total. The molecule has 1 aromatic carbocycles. The van der Waals surface area contributed by atoms with Gasteiger partial charge < -0.3 is 10.5 Å². The van der Waals surface area contributed by atoms with Gasteiger partial charge in [-0.3, -0.25) is 0 Å². The van der Waals surface area contributed by atoms with Crippen LogP contribution in [0.25, 0.3) is 0 Å². The van der Waals surface area contributed by atoms with E-state index in [4.69, 9.17) is 5.73 Å². The van der Waals surface area contributed by atoms with Crippen LogP contribution < -0.4 is 10.5 Å². The maximum atomic E-state index is 12.7. The summed E-state index contributed by atoms with van der Waals surface area (Å²) in [7, 11) is 0. The van der Waals surface area contributed by atoms with Crippen molar-refractivity contribution in [2.75, 3.05) is 12.3 Å². The fraction of sp³-hybridized carbons (Fsp3) is 0.250. The predicted molar refractivity (Wildman–Crippen MR) is 42.3 cm³/mol. The second-order valence-electron chi connectivity index (χ2n) is 2.70. The van der Waals surface area contributed by atoms with Crippen LogP contribution in [0.5, 0.6) is 5.75 Å². The van der Waals surface area contributed by atoms with Gasteiger partial charge in [-0.15, -0.1) is 0 Å². The number of anilines is 1. The third kappa shape index (κ3) is 3.26. The highest BCUT2D eigenvalue weighted by Gasteiger charge is 2.29. The minimum atomic E-state index is -4.59. The highest BCUT2D eigenvalue weighted by Crippen LogP contribution is 2.27. The normalized spacial score (nSPS) is 11.5. The van der Waals surface area contributed by atoms with Crippen LogP contribution in [-0.2, 0) is 0 Å². The molecule has 2 nitrogen and oxygen atoms in total. The van der Waals surface area contributed by atoms with Gasteiger partial charge in [-0.2, -0.15) is 13.2 Å². The van der Waals surface area contributed by atoms with E-state index < -0.39 is 35.9 Å². The standard InChI is InChI=1S/C8H6F5NO/c9-4-1-5(10)7(14)6(2-4)15-3-8(11,12)13/h1-2H,3,14H2. The summed E-state index contributed by atoms with van der Waals surface area (Å²) in [5, 5.41) is 0. The van der Waals surface area contributed by atoms with Crippen molar-refractivity contribution >= 4 is 5.69 Å². The van der Waals surface area contributed by atoms with Gasteiger partial charge >= 0.3 is 6.18 Å². The summed E-state index contributed by atoms with van der Waals surface area (Å²) in [6, 6.07) is 1.04. The monoisotopic (exact) mass is 227 g/mol. The summed E-state index contributed by atoms with van der Waals surface area (Å²) in [6.45, 7) is -1.65. The zero-order valence-electron chi connectivity index (χ0n) is 7.24. The molecule has 1 aromatic rings. The smallest absolute Gasteiger partial charge is 0.422 e. The zero-order chi connectivity index (χ0) is 11.6. The topological polar surface area (TPSA) is 35.2 Å². The summed E-state index contributed by atoms with van der Waals surface area (Å²) < 4.78 is 64.6. The quantitative estimate of drug-likeness (QED) is 0.622. The fourth-order valence-electron chi connectivity index (χ4n) is 0.840. The van der Waals surface area contributed by atoms with Crippen LogP contribution in [0.1, 0.15) is 0 Å². The molecule has 0 aromatic heterocycles. The number of hydrogen-bond donors (Lipinski definition) is 1. The predicted octanol–water partition coefficient (Wildman–Crippen LogP) is 2.49. The number of nitrogens with two attached hydrogens (primary N) is 1. The third-order valence-corrected chi connectivity index (χ3v) is 1.45. The first-order chi connectivity index (χ1) is 6.79. The van der Waals surface area contributed by atoms with Gasteiger partial charge in [0.2, 0.25) is 0 Å². The van der Waals surface area contributed by atoms with Crippen LogP contribution >= 0.6 is 0 Å². The number of rotatable bonds is 2. The van der Waals surface area contributed by atoms with E-state index in [-0.39, 0.29) is 0 Å². The van der Waals surface area contributed by atoms with Crippen molar-refractivity contribution in [3.05, 3.63) is 23.8 Å². The van der Waals surface area contributed by atoms with Crippen LogP contribution in [0.15, 0.2) is 12.1 Å². The van der Waals surface area contributed by atoms with Crippen LogP contribution in [0.2, 0.25) is 0 Å². The molecule has 0 aliphatic carbocycles. The van der Waals surface area contributed by atoms with E-state index in [0.29, 0.717) is 12.1 Å². The van der Waals surface area contributed by atoms with Gasteiger partial charge in [0.05, 0.1) is 0 Å². The first kappa shape index (κ1) is 11.5. The van der Waals surface area contributed by atoms with Crippen molar-refractivity contribution in [1.82, 2.24) is 0 Å². The van der Waals surface area contributed by atoms with Gasteiger partial charge in [0.15, 0.2) is 12.4 Å². The van der Waals surface area contributed by atoms with E-state index in [1.807, 2.05) is 0 Å². The van der Waals surface area contributed by atoms with Gasteiger partial charge in [0.25, 0.3) is 0 Å². The number of ether oxygens (including phenoxy) is 1. The fourth-order valence-corrected chi connectivity index (χ4v) is 0.840. The largest absolute Gasteiger partial charge is 0.482 e. The lowest BCUT2D eigenvalue weighted by Gasteiger charge is -2.11. The number of halogens is 5. The molecule has 0 bridgehead atoms. The van der Waals surface area contributed by atoms with E-state index >= 15 is 0 Å². The third-order valence-electron chi connectivity index (χ3n) is 1.45. The molecule has 0 aliphatic heterocycles. The molecule has 0 saturated carbocycles. The van der Waals surface area contributed by atoms with Crippen LogP contribution in [0, 0.1) is 11.6 Å². The summed E-state index contributed by atoms with van der Waals surface area (Å²) in [5.41, 5.74) is 4.39. The van der Waals surface area contributed by atoms with Crippen LogP contribution in [-0.4, -0.2) is 12.8 Å². The average molecular weight is 227 g/mol. The summed E-state index contributed by atoms with van der Waals surface area (Å²) in [6.07, 6.45) is -4.59. The van der Waals surface area contributed by atoms with Gasteiger partial charge in [-0.05, 0) is 0 Å².